The summed E-state index contributed by atoms with van der Waals surface area (Å²) in [6.45, 7) is 11.0. The monoisotopic (exact) mass is 322 g/mol. The number of nitrogens with zero attached hydrogens (tertiary/aromatic N) is 2. The Kier molecular flexibility index (Phi) is 6.66. The summed E-state index contributed by atoms with van der Waals surface area (Å²) >= 11 is 0. The van der Waals surface area contributed by atoms with Crippen molar-refractivity contribution in [3.05, 3.63) is 17.8 Å². The normalized spacial score (nSPS) is 15.6. The number of ether oxygens (including phenoxy) is 1. The van der Waals surface area contributed by atoms with Crippen molar-refractivity contribution < 1.29 is 9.53 Å². The van der Waals surface area contributed by atoms with Crippen LogP contribution in [0.2, 0.25) is 0 Å². The van der Waals surface area contributed by atoms with Crippen molar-refractivity contribution in [3.8, 4) is 0 Å². The molecule has 6 heteroatoms. The summed E-state index contributed by atoms with van der Waals surface area (Å²) in [7, 11) is 0. The van der Waals surface area contributed by atoms with Crippen LogP contribution in [-0.2, 0) is 4.74 Å². The van der Waals surface area contributed by atoms with E-state index in [1.165, 1.54) is 0 Å². The third-order valence-corrected chi connectivity index (χ3v) is 3.59. The highest BCUT2D eigenvalue weighted by Gasteiger charge is 2.27. The zero-order valence-corrected chi connectivity index (χ0v) is 14.9. The van der Waals surface area contributed by atoms with Crippen molar-refractivity contribution in [1.82, 2.24) is 9.88 Å². The van der Waals surface area contributed by atoms with Crippen molar-refractivity contribution >= 4 is 17.6 Å². The van der Waals surface area contributed by atoms with Crippen LogP contribution in [0.4, 0.5) is 16.3 Å². The van der Waals surface area contributed by atoms with Crippen LogP contribution in [-0.4, -0.2) is 34.7 Å². The molecule has 1 aromatic heterocycles. The van der Waals surface area contributed by atoms with E-state index in [1.807, 2.05) is 40.7 Å². The minimum absolute atomic E-state index is 0.240. The minimum Gasteiger partial charge on any atom is -0.444 e. The number of rotatable bonds is 1. The number of anilines is 2. The molecule has 1 saturated heterocycles. The van der Waals surface area contributed by atoms with Gasteiger partial charge in [0.25, 0.3) is 0 Å². The molecule has 0 spiro atoms. The average Bonchev–Trinajstić information content (AvgIpc) is 2.50. The van der Waals surface area contributed by atoms with Crippen LogP contribution < -0.4 is 11.5 Å². The summed E-state index contributed by atoms with van der Waals surface area (Å²) in [5, 5.41) is 0. The van der Waals surface area contributed by atoms with Gasteiger partial charge in [-0.05, 0) is 51.2 Å². The number of hydrogen-bond donors (Lipinski definition) is 2. The van der Waals surface area contributed by atoms with Crippen LogP contribution in [0.5, 0.6) is 0 Å². The van der Waals surface area contributed by atoms with E-state index in [4.69, 9.17) is 16.2 Å². The number of piperidine rings is 1. The molecule has 6 nitrogen and oxygen atoms in total. The maximum Gasteiger partial charge on any atom is 0.410 e. The Morgan fingerprint density at radius 2 is 1.83 bits per heavy atom. The Labute approximate surface area is 139 Å². The maximum absolute atomic E-state index is 12.0. The molecule has 130 valence electrons. The number of aromatic nitrogens is 1. The van der Waals surface area contributed by atoms with Crippen molar-refractivity contribution in [2.45, 2.75) is 59.0 Å². The molecule has 4 N–H and O–H groups in total. The molecule has 1 amide bonds. The Bertz CT molecular complexity index is 518. The molecule has 23 heavy (non-hydrogen) atoms. The van der Waals surface area contributed by atoms with Crippen LogP contribution in [0, 0.1) is 0 Å². The maximum atomic E-state index is 12.0. The fourth-order valence-corrected chi connectivity index (χ4v) is 2.45. The van der Waals surface area contributed by atoms with E-state index in [1.54, 1.807) is 11.1 Å². The molecule has 0 saturated carbocycles. The third kappa shape index (κ3) is 5.62. The molecule has 1 aromatic rings. The van der Waals surface area contributed by atoms with Gasteiger partial charge in [-0.25, -0.2) is 9.78 Å². The lowest BCUT2D eigenvalue weighted by Crippen LogP contribution is -2.41. The first-order valence-electron chi connectivity index (χ1n) is 8.25. The van der Waals surface area contributed by atoms with E-state index in [9.17, 15) is 4.79 Å². The van der Waals surface area contributed by atoms with Crippen molar-refractivity contribution in [2.75, 3.05) is 24.6 Å². The van der Waals surface area contributed by atoms with E-state index in [0.717, 1.165) is 18.4 Å². The van der Waals surface area contributed by atoms with Gasteiger partial charge in [-0.2, -0.15) is 0 Å². The molecule has 2 rings (SSSR count). The van der Waals surface area contributed by atoms with Crippen LogP contribution in [0.15, 0.2) is 12.3 Å². The highest BCUT2D eigenvalue weighted by molar-refractivity contribution is 5.68. The average molecular weight is 322 g/mol. The zero-order valence-electron chi connectivity index (χ0n) is 14.9. The molecule has 0 atom stereocenters. The molecule has 0 radical (unpaired) electrons. The predicted molar refractivity (Wildman–Crippen MR) is 94.2 cm³/mol. The molecule has 1 fully saturated rings. The fourth-order valence-electron chi connectivity index (χ4n) is 2.45. The van der Waals surface area contributed by atoms with Gasteiger partial charge in [0, 0.05) is 19.3 Å². The van der Waals surface area contributed by atoms with Gasteiger partial charge >= 0.3 is 6.09 Å². The van der Waals surface area contributed by atoms with E-state index < -0.39 is 5.60 Å². The summed E-state index contributed by atoms with van der Waals surface area (Å²) in [6.07, 6.45) is 3.30. The second-order valence-electron chi connectivity index (χ2n) is 6.48. The standard InChI is InChI=1S/C15H24N4O2.C2H6/c1-15(2,3)21-14(20)19-6-4-10(5-7-19)11-8-12(16)13(17)18-9-11;1-2/h8-10H,4-7,16H2,1-3H3,(H2,17,18);1-2H3. The van der Waals surface area contributed by atoms with E-state index in [-0.39, 0.29) is 6.09 Å². The molecule has 2 heterocycles. The van der Waals surface area contributed by atoms with Gasteiger partial charge in [-0.1, -0.05) is 13.8 Å². The molecular formula is C17H30N4O2. The number of likely N-dealkylation sites (tertiary alicyclic amines) is 1. The highest BCUT2D eigenvalue weighted by atomic mass is 16.6. The predicted octanol–water partition coefficient (Wildman–Crippen LogP) is 3.39. The van der Waals surface area contributed by atoms with Gasteiger partial charge in [-0.3, -0.25) is 0 Å². The summed E-state index contributed by atoms with van der Waals surface area (Å²) in [4.78, 5) is 17.9. The SMILES string of the molecule is CC.CC(C)(C)OC(=O)N1CCC(c2cnc(N)c(N)c2)CC1. The Balaban J connectivity index is 0.00000127. The first kappa shape index (κ1) is 19.1. The Hall–Kier alpha value is -1.98. The van der Waals surface area contributed by atoms with Crippen LogP contribution in [0.1, 0.15) is 58.9 Å². The van der Waals surface area contributed by atoms with E-state index in [0.29, 0.717) is 30.5 Å². The smallest absolute Gasteiger partial charge is 0.410 e. The highest BCUT2D eigenvalue weighted by Crippen LogP contribution is 2.30. The number of pyridine rings is 1. The number of carbonyl (C=O) groups is 1. The minimum atomic E-state index is -0.455. The summed E-state index contributed by atoms with van der Waals surface area (Å²) in [6, 6.07) is 1.89. The summed E-state index contributed by atoms with van der Waals surface area (Å²) in [5.74, 6) is 0.726. The van der Waals surface area contributed by atoms with Gasteiger partial charge in [0.05, 0.1) is 5.69 Å². The van der Waals surface area contributed by atoms with Gasteiger partial charge in [-0.15, -0.1) is 0 Å². The van der Waals surface area contributed by atoms with E-state index in [2.05, 4.69) is 4.98 Å². The molecule has 1 aliphatic rings. The first-order valence-corrected chi connectivity index (χ1v) is 8.25. The van der Waals surface area contributed by atoms with Crippen molar-refractivity contribution in [1.29, 1.82) is 0 Å². The van der Waals surface area contributed by atoms with Gasteiger partial charge in [0.15, 0.2) is 0 Å². The number of carbonyl (C=O) groups excluding carboxylic acids is 1. The number of nitrogens with two attached hydrogens (primary N) is 2. The second kappa shape index (κ2) is 8.04. The number of nitrogen functional groups attached to an aromatic ring is 2. The summed E-state index contributed by atoms with van der Waals surface area (Å²) < 4.78 is 5.39. The third-order valence-electron chi connectivity index (χ3n) is 3.59. The van der Waals surface area contributed by atoms with E-state index >= 15 is 0 Å². The summed E-state index contributed by atoms with van der Waals surface area (Å²) in [5.41, 5.74) is 12.6. The molecule has 1 aliphatic heterocycles. The van der Waals surface area contributed by atoms with Gasteiger partial charge in [0.2, 0.25) is 0 Å². The topological polar surface area (TPSA) is 94.5 Å². The number of amides is 1. The lowest BCUT2D eigenvalue weighted by Gasteiger charge is -2.33. The number of hydrogen-bond acceptors (Lipinski definition) is 5. The molecule has 0 aliphatic carbocycles. The zero-order chi connectivity index (χ0) is 17.6. The molecule has 0 unspecified atom stereocenters. The van der Waals surface area contributed by atoms with Crippen molar-refractivity contribution in [3.63, 3.8) is 0 Å². The fraction of sp³-hybridized carbons (Fsp3) is 0.647. The lowest BCUT2D eigenvalue weighted by atomic mass is 9.90. The Morgan fingerprint density at radius 1 is 1.26 bits per heavy atom. The second-order valence-corrected chi connectivity index (χ2v) is 6.48. The van der Waals surface area contributed by atoms with Gasteiger partial charge < -0.3 is 21.1 Å². The Morgan fingerprint density at radius 3 is 2.30 bits per heavy atom. The van der Waals surface area contributed by atoms with Crippen LogP contribution in [0.3, 0.4) is 0 Å². The first-order chi connectivity index (χ1) is 10.8. The quantitative estimate of drug-likeness (QED) is 0.826. The van der Waals surface area contributed by atoms with Crippen molar-refractivity contribution in [2.24, 2.45) is 0 Å². The molecule has 0 bridgehead atoms. The molecular weight excluding hydrogens is 292 g/mol. The lowest BCUT2D eigenvalue weighted by molar-refractivity contribution is 0.0205. The van der Waals surface area contributed by atoms with Crippen LogP contribution in [0.25, 0.3) is 0 Å². The largest absolute Gasteiger partial charge is 0.444 e. The van der Waals surface area contributed by atoms with Gasteiger partial charge in [0.1, 0.15) is 11.4 Å². The van der Waals surface area contributed by atoms with Crippen LogP contribution >= 0.6 is 0 Å². The molecule has 0 aromatic carbocycles.